The summed E-state index contributed by atoms with van der Waals surface area (Å²) in [5, 5.41) is 0. The van der Waals surface area contributed by atoms with Gasteiger partial charge in [0, 0.05) is 5.54 Å². The van der Waals surface area contributed by atoms with Crippen molar-refractivity contribution in [1.29, 1.82) is 0 Å². The molecule has 25 heavy (non-hydrogen) atoms. The SMILES string of the molecule is CCCCCCCCCCCCCCC(C)(N)c1ccccc1C.Cl. The minimum absolute atomic E-state index is 0. The van der Waals surface area contributed by atoms with Gasteiger partial charge >= 0.3 is 0 Å². The lowest BCUT2D eigenvalue weighted by atomic mass is 9.85. The fourth-order valence-corrected chi connectivity index (χ4v) is 3.68. The molecule has 1 nitrogen and oxygen atoms in total. The minimum Gasteiger partial charge on any atom is -0.322 e. The Hall–Kier alpha value is -0.530. The van der Waals surface area contributed by atoms with Crippen LogP contribution in [-0.4, -0.2) is 0 Å². The Kier molecular flexibility index (Phi) is 14.3. The molecule has 0 radical (unpaired) electrons. The van der Waals surface area contributed by atoms with Gasteiger partial charge in [-0.25, -0.2) is 0 Å². The second-order valence-electron chi connectivity index (χ2n) is 7.87. The van der Waals surface area contributed by atoms with Crippen molar-refractivity contribution in [2.24, 2.45) is 5.73 Å². The van der Waals surface area contributed by atoms with E-state index in [1.54, 1.807) is 0 Å². The first kappa shape index (κ1) is 24.5. The van der Waals surface area contributed by atoms with E-state index in [9.17, 15) is 0 Å². The summed E-state index contributed by atoms with van der Waals surface area (Å²) in [6, 6.07) is 8.56. The van der Waals surface area contributed by atoms with Crippen molar-refractivity contribution in [2.45, 2.75) is 110 Å². The molecule has 0 spiro atoms. The van der Waals surface area contributed by atoms with Gasteiger partial charge < -0.3 is 5.73 Å². The van der Waals surface area contributed by atoms with Gasteiger partial charge in [0.15, 0.2) is 0 Å². The van der Waals surface area contributed by atoms with Gasteiger partial charge in [-0.1, -0.05) is 108 Å². The smallest absolute Gasteiger partial charge is 0.0383 e. The van der Waals surface area contributed by atoms with Crippen molar-refractivity contribution in [3.63, 3.8) is 0 Å². The number of rotatable bonds is 14. The molecule has 1 atom stereocenters. The van der Waals surface area contributed by atoms with Crippen LogP contribution in [0.15, 0.2) is 24.3 Å². The fourth-order valence-electron chi connectivity index (χ4n) is 3.68. The van der Waals surface area contributed by atoms with Crippen molar-refractivity contribution < 1.29 is 0 Å². The standard InChI is InChI=1S/C23H41N.ClH/c1-4-5-6-7-8-9-10-11-12-13-14-17-20-23(3,24)22-19-16-15-18-21(22)2;/h15-16,18-19H,4-14,17,20,24H2,1-3H3;1H. The van der Waals surface area contributed by atoms with Crippen molar-refractivity contribution in [3.05, 3.63) is 35.4 Å². The zero-order valence-corrected chi connectivity index (χ0v) is 17.8. The summed E-state index contributed by atoms with van der Waals surface area (Å²) in [7, 11) is 0. The maximum Gasteiger partial charge on any atom is 0.0383 e. The van der Waals surface area contributed by atoms with E-state index < -0.39 is 0 Å². The number of benzene rings is 1. The van der Waals surface area contributed by atoms with Gasteiger partial charge in [0.25, 0.3) is 0 Å². The highest BCUT2D eigenvalue weighted by Crippen LogP contribution is 2.27. The molecule has 0 saturated heterocycles. The van der Waals surface area contributed by atoms with Gasteiger partial charge in [-0.3, -0.25) is 0 Å². The zero-order chi connectivity index (χ0) is 17.7. The van der Waals surface area contributed by atoms with Crippen LogP contribution in [0.1, 0.15) is 108 Å². The Morgan fingerprint density at radius 3 is 1.68 bits per heavy atom. The lowest BCUT2D eigenvalue weighted by Crippen LogP contribution is -2.33. The van der Waals surface area contributed by atoms with E-state index in [1.807, 2.05) is 0 Å². The van der Waals surface area contributed by atoms with E-state index in [0.717, 1.165) is 6.42 Å². The van der Waals surface area contributed by atoms with E-state index in [-0.39, 0.29) is 17.9 Å². The zero-order valence-electron chi connectivity index (χ0n) is 17.0. The molecule has 0 saturated carbocycles. The van der Waals surface area contributed by atoms with Crippen LogP contribution in [0.3, 0.4) is 0 Å². The Labute approximate surface area is 163 Å². The molecule has 0 bridgehead atoms. The number of hydrogen-bond acceptors (Lipinski definition) is 1. The largest absolute Gasteiger partial charge is 0.322 e. The summed E-state index contributed by atoms with van der Waals surface area (Å²) in [6.07, 6.45) is 17.9. The Bertz CT molecular complexity index is 428. The maximum atomic E-state index is 6.57. The predicted molar refractivity (Wildman–Crippen MR) is 116 cm³/mol. The first-order valence-electron chi connectivity index (χ1n) is 10.4. The van der Waals surface area contributed by atoms with Crippen LogP contribution in [0.25, 0.3) is 0 Å². The number of unbranched alkanes of at least 4 members (excludes halogenated alkanes) is 11. The van der Waals surface area contributed by atoms with E-state index in [0.29, 0.717) is 0 Å². The van der Waals surface area contributed by atoms with Crippen molar-refractivity contribution in [3.8, 4) is 0 Å². The van der Waals surface area contributed by atoms with Gasteiger partial charge in [-0.2, -0.15) is 0 Å². The maximum absolute atomic E-state index is 6.57. The van der Waals surface area contributed by atoms with Gasteiger partial charge in [-0.05, 0) is 31.4 Å². The highest BCUT2D eigenvalue weighted by atomic mass is 35.5. The molecule has 2 heteroatoms. The van der Waals surface area contributed by atoms with Crippen LogP contribution in [0.2, 0.25) is 0 Å². The minimum atomic E-state index is -0.177. The Balaban J connectivity index is 0.00000576. The number of aryl methyl sites for hydroxylation is 1. The quantitative estimate of drug-likeness (QED) is 0.335. The van der Waals surface area contributed by atoms with Crippen LogP contribution in [0.4, 0.5) is 0 Å². The third-order valence-electron chi connectivity index (χ3n) is 5.31. The summed E-state index contributed by atoms with van der Waals surface area (Å²) in [5.41, 5.74) is 9.03. The summed E-state index contributed by atoms with van der Waals surface area (Å²) >= 11 is 0. The van der Waals surface area contributed by atoms with Crippen molar-refractivity contribution in [2.75, 3.05) is 0 Å². The van der Waals surface area contributed by atoms with Crippen LogP contribution in [0, 0.1) is 6.92 Å². The lowest BCUT2D eigenvalue weighted by molar-refractivity contribution is 0.418. The number of nitrogens with two attached hydrogens (primary N) is 1. The first-order chi connectivity index (χ1) is 11.6. The molecule has 0 aliphatic rings. The molecular weight excluding hydrogens is 326 g/mol. The second-order valence-corrected chi connectivity index (χ2v) is 7.87. The third-order valence-corrected chi connectivity index (χ3v) is 5.31. The normalized spacial score (nSPS) is 13.3. The summed E-state index contributed by atoms with van der Waals surface area (Å²) in [4.78, 5) is 0. The molecule has 0 aliphatic heterocycles. The molecular formula is C23H42ClN. The molecule has 0 aliphatic carbocycles. The average molecular weight is 368 g/mol. The second kappa shape index (κ2) is 14.6. The van der Waals surface area contributed by atoms with E-state index >= 15 is 0 Å². The molecule has 1 unspecified atom stereocenters. The highest BCUT2D eigenvalue weighted by Gasteiger charge is 2.21. The predicted octanol–water partition coefficient (Wildman–Crippen LogP) is 7.68. The molecule has 146 valence electrons. The third kappa shape index (κ3) is 10.9. The number of halogens is 1. The molecule has 1 aromatic carbocycles. The Morgan fingerprint density at radius 1 is 0.760 bits per heavy atom. The summed E-state index contributed by atoms with van der Waals surface area (Å²) in [6.45, 7) is 6.64. The van der Waals surface area contributed by atoms with Gasteiger partial charge in [0.05, 0.1) is 0 Å². The summed E-state index contributed by atoms with van der Waals surface area (Å²) < 4.78 is 0. The fraction of sp³-hybridized carbons (Fsp3) is 0.739. The topological polar surface area (TPSA) is 26.0 Å². The summed E-state index contributed by atoms with van der Waals surface area (Å²) in [5.74, 6) is 0. The van der Waals surface area contributed by atoms with Crippen LogP contribution in [-0.2, 0) is 5.54 Å². The first-order valence-corrected chi connectivity index (χ1v) is 10.4. The van der Waals surface area contributed by atoms with Gasteiger partial charge in [-0.15, -0.1) is 12.4 Å². The lowest BCUT2D eigenvalue weighted by Gasteiger charge is -2.27. The van der Waals surface area contributed by atoms with E-state index in [1.165, 1.54) is 88.2 Å². The molecule has 1 aromatic rings. The van der Waals surface area contributed by atoms with Crippen LogP contribution in [0.5, 0.6) is 0 Å². The van der Waals surface area contributed by atoms with Crippen LogP contribution >= 0.6 is 12.4 Å². The molecule has 0 amide bonds. The van der Waals surface area contributed by atoms with Crippen molar-refractivity contribution >= 4 is 12.4 Å². The highest BCUT2D eigenvalue weighted by molar-refractivity contribution is 5.85. The molecule has 0 aromatic heterocycles. The van der Waals surface area contributed by atoms with Gasteiger partial charge in [0.1, 0.15) is 0 Å². The molecule has 2 N–H and O–H groups in total. The molecule has 1 rings (SSSR count). The average Bonchev–Trinajstić information content (AvgIpc) is 2.56. The number of hydrogen-bond donors (Lipinski definition) is 1. The molecule has 0 heterocycles. The van der Waals surface area contributed by atoms with Crippen LogP contribution < -0.4 is 5.73 Å². The van der Waals surface area contributed by atoms with Gasteiger partial charge in [0.2, 0.25) is 0 Å². The van der Waals surface area contributed by atoms with E-state index in [4.69, 9.17) is 5.73 Å². The molecule has 0 fully saturated rings. The van der Waals surface area contributed by atoms with E-state index in [2.05, 4.69) is 45.0 Å². The monoisotopic (exact) mass is 367 g/mol. The van der Waals surface area contributed by atoms with Crippen molar-refractivity contribution in [1.82, 2.24) is 0 Å². The Morgan fingerprint density at radius 2 is 1.20 bits per heavy atom.